The van der Waals surface area contributed by atoms with Gasteiger partial charge < -0.3 is 5.32 Å². The molecule has 4 aromatic rings. The van der Waals surface area contributed by atoms with Crippen molar-refractivity contribution in [1.29, 1.82) is 0 Å². The largest absolute Gasteiger partial charge is 0.355 e. The van der Waals surface area contributed by atoms with Crippen LogP contribution < -0.4 is 10.9 Å². The van der Waals surface area contributed by atoms with Crippen LogP contribution in [0.3, 0.4) is 0 Å². The number of aromatic nitrogens is 3. The van der Waals surface area contributed by atoms with E-state index in [0.29, 0.717) is 49.9 Å². The minimum atomic E-state index is -0.454. The van der Waals surface area contributed by atoms with Crippen LogP contribution >= 0.6 is 34.8 Å². The average Bonchev–Trinajstić information content (AvgIpc) is 3.16. The summed E-state index contributed by atoms with van der Waals surface area (Å²) in [6.07, 6.45) is 0.747. The first-order chi connectivity index (χ1) is 16.2. The van der Waals surface area contributed by atoms with Gasteiger partial charge in [-0.2, -0.15) is 0 Å². The van der Waals surface area contributed by atoms with Crippen LogP contribution in [0.4, 0.5) is 0 Å². The van der Waals surface area contributed by atoms with Crippen LogP contribution in [0.25, 0.3) is 28.0 Å². The lowest BCUT2D eigenvalue weighted by Crippen LogP contribution is -2.31. The summed E-state index contributed by atoms with van der Waals surface area (Å²) < 4.78 is 3.26. The second-order valence-corrected chi connectivity index (χ2v) is 9.66. The van der Waals surface area contributed by atoms with Gasteiger partial charge in [0.2, 0.25) is 0 Å². The molecule has 4 rings (SSSR count). The molecule has 0 aliphatic carbocycles. The fraction of sp³-hybridized carbons (Fsp3) is 0.240. The van der Waals surface area contributed by atoms with E-state index in [1.54, 1.807) is 45.6 Å². The van der Waals surface area contributed by atoms with Gasteiger partial charge in [-0.15, -0.1) is 5.10 Å². The summed E-state index contributed by atoms with van der Waals surface area (Å²) >= 11 is 18.8. The number of amides is 1. The highest BCUT2D eigenvalue weighted by molar-refractivity contribution is 6.35. The summed E-state index contributed by atoms with van der Waals surface area (Å²) in [5.41, 5.74) is 2.21. The van der Waals surface area contributed by atoms with Crippen LogP contribution in [0.15, 0.2) is 53.3 Å². The maximum atomic E-state index is 13.3. The minimum Gasteiger partial charge on any atom is -0.355 e. The third-order valence-electron chi connectivity index (χ3n) is 5.58. The Labute approximate surface area is 212 Å². The Morgan fingerprint density at radius 2 is 1.71 bits per heavy atom. The molecule has 176 valence electrons. The molecule has 2 heterocycles. The Bertz CT molecular complexity index is 1440. The predicted molar refractivity (Wildman–Crippen MR) is 139 cm³/mol. The Hall–Kier alpha value is -2.80. The highest BCUT2D eigenvalue weighted by Crippen LogP contribution is 2.35. The molecule has 1 N–H and O–H groups in total. The molecule has 2 aromatic carbocycles. The monoisotopic (exact) mass is 516 g/mol. The van der Waals surface area contributed by atoms with E-state index in [0.717, 1.165) is 12.0 Å². The van der Waals surface area contributed by atoms with E-state index in [1.807, 2.05) is 12.1 Å². The molecule has 2 aromatic heterocycles. The quantitative estimate of drug-likeness (QED) is 0.330. The van der Waals surface area contributed by atoms with Gasteiger partial charge in [0, 0.05) is 34.6 Å². The normalized spacial score (nSPS) is 11.4. The number of rotatable bonds is 6. The maximum Gasteiger partial charge on any atom is 0.265 e. The number of nitrogens with one attached hydrogen (secondary N) is 1. The minimum absolute atomic E-state index is 0.0516. The van der Waals surface area contributed by atoms with Gasteiger partial charge >= 0.3 is 0 Å². The predicted octanol–water partition coefficient (Wildman–Crippen LogP) is 6.22. The summed E-state index contributed by atoms with van der Waals surface area (Å²) in [7, 11) is 1.50. The van der Waals surface area contributed by atoms with Crippen molar-refractivity contribution in [1.82, 2.24) is 19.7 Å². The molecule has 0 fully saturated rings. The number of carbonyl (C=O) groups excluding carboxylic acids is 1. The lowest BCUT2D eigenvalue weighted by molar-refractivity contribution is 0.0961. The van der Waals surface area contributed by atoms with Gasteiger partial charge in [-0.3, -0.25) is 14.2 Å². The van der Waals surface area contributed by atoms with Gasteiger partial charge in [0.05, 0.1) is 16.4 Å². The fourth-order valence-electron chi connectivity index (χ4n) is 3.80. The average molecular weight is 518 g/mol. The van der Waals surface area contributed by atoms with E-state index in [-0.39, 0.29) is 11.1 Å². The maximum absolute atomic E-state index is 13.3. The Morgan fingerprint density at radius 1 is 1.03 bits per heavy atom. The number of nitrogens with zero attached hydrogens (tertiary/aromatic N) is 3. The second kappa shape index (κ2) is 9.82. The number of fused-ring (bicyclic) bond motifs is 1. The van der Waals surface area contributed by atoms with Crippen molar-refractivity contribution in [2.45, 2.75) is 26.8 Å². The van der Waals surface area contributed by atoms with Gasteiger partial charge in [0.15, 0.2) is 5.65 Å². The summed E-state index contributed by atoms with van der Waals surface area (Å²) in [4.78, 5) is 26.0. The zero-order valence-electron chi connectivity index (χ0n) is 18.9. The fourth-order valence-corrected chi connectivity index (χ4v) is 4.42. The highest BCUT2D eigenvalue weighted by Gasteiger charge is 2.23. The van der Waals surface area contributed by atoms with Crippen molar-refractivity contribution in [3.63, 3.8) is 0 Å². The molecule has 0 saturated carbocycles. The van der Waals surface area contributed by atoms with E-state index in [2.05, 4.69) is 19.2 Å². The van der Waals surface area contributed by atoms with Crippen molar-refractivity contribution in [3.05, 3.63) is 79.5 Å². The Morgan fingerprint density at radius 3 is 2.32 bits per heavy atom. The van der Waals surface area contributed by atoms with Gasteiger partial charge in [0.25, 0.3) is 11.5 Å². The molecule has 0 aliphatic heterocycles. The first-order valence-corrected chi connectivity index (χ1v) is 11.9. The molecular formula is C25H23Cl3N4O2. The smallest absolute Gasteiger partial charge is 0.265 e. The van der Waals surface area contributed by atoms with Crippen LogP contribution in [-0.4, -0.2) is 27.3 Å². The summed E-state index contributed by atoms with van der Waals surface area (Å²) in [5, 5.41) is 9.52. The molecule has 6 nitrogen and oxygen atoms in total. The second-order valence-electron chi connectivity index (χ2n) is 8.38. The van der Waals surface area contributed by atoms with Crippen LogP contribution in [0.2, 0.25) is 15.1 Å². The zero-order valence-corrected chi connectivity index (χ0v) is 21.2. The van der Waals surface area contributed by atoms with E-state index in [9.17, 15) is 9.59 Å². The van der Waals surface area contributed by atoms with Crippen LogP contribution in [0, 0.1) is 5.92 Å². The molecule has 0 spiro atoms. The topological polar surface area (TPSA) is 68.9 Å². The first-order valence-electron chi connectivity index (χ1n) is 10.8. The van der Waals surface area contributed by atoms with Crippen molar-refractivity contribution in [2.24, 2.45) is 5.92 Å². The van der Waals surface area contributed by atoms with Crippen LogP contribution in [-0.2, 0) is 6.54 Å². The number of aryl methyl sites for hydroxylation is 1. The number of carbonyl (C=O) groups is 1. The zero-order chi connectivity index (χ0) is 24.6. The molecule has 1 amide bonds. The number of pyridine rings is 1. The third-order valence-corrected chi connectivity index (χ3v) is 6.37. The van der Waals surface area contributed by atoms with Crippen molar-refractivity contribution in [3.8, 4) is 16.9 Å². The van der Waals surface area contributed by atoms with E-state index in [1.165, 1.54) is 7.05 Å². The summed E-state index contributed by atoms with van der Waals surface area (Å²) in [5.74, 6) is -0.0985. The number of hydrogen-bond acceptors (Lipinski definition) is 3. The van der Waals surface area contributed by atoms with Crippen molar-refractivity contribution < 1.29 is 4.79 Å². The molecule has 0 atom stereocenters. The molecule has 34 heavy (non-hydrogen) atoms. The van der Waals surface area contributed by atoms with Gasteiger partial charge in [0.1, 0.15) is 5.56 Å². The number of hydrogen-bond donors (Lipinski definition) is 1. The van der Waals surface area contributed by atoms with E-state index in [4.69, 9.17) is 39.9 Å². The summed E-state index contributed by atoms with van der Waals surface area (Å²) in [6, 6.07) is 14.0. The summed E-state index contributed by atoms with van der Waals surface area (Å²) in [6.45, 7) is 4.58. The lowest BCUT2D eigenvalue weighted by Gasteiger charge is -2.11. The molecule has 9 heteroatoms. The van der Waals surface area contributed by atoms with Gasteiger partial charge in [-0.05, 0) is 48.7 Å². The first kappa shape index (κ1) is 24.3. The van der Waals surface area contributed by atoms with Gasteiger partial charge in [-0.25, -0.2) is 4.68 Å². The number of halogens is 3. The Balaban J connectivity index is 2.13. The standard InChI is InChI=1S/C25H23Cl3N4O2/c1-14(2)10-11-31-23-18(13-19(25(31)34)24(33)29-3)22(15-4-6-16(26)7-5-15)32(30-23)21-9-8-17(27)12-20(21)28/h4-9,12-14H,10-11H2,1-3H3,(H,29,33). The van der Waals surface area contributed by atoms with Crippen molar-refractivity contribution >= 4 is 51.7 Å². The third kappa shape index (κ3) is 4.58. The van der Waals surface area contributed by atoms with E-state index < -0.39 is 5.91 Å². The van der Waals surface area contributed by atoms with Crippen molar-refractivity contribution in [2.75, 3.05) is 7.05 Å². The lowest BCUT2D eigenvalue weighted by atomic mass is 10.1. The van der Waals surface area contributed by atoms with Crippen LogP contribution in [0.1, 0.15) is 30.6 Å². The molecule has 0 unspecified atom stereocenters. The molecular weight excluding hydrogens is 495 g/mol. The molecule has 0 saturated heterocycles. The number of benzene rings is 2. The highest BCUT2D eigenvalue weighted by atomic mass is 35.5. The van der Waals surface area contributed by atoms with E-state index >= 15 is 0 Å². The van der Waals surface area contributed by atoms with Gasteiger partial charge in [-0.1, -0.05) is 60.8 Å². The SMILES string of the molecule is CNC(=O)c1cc2c(-c3ccc(Cl)cc3)n(-c3ccc(Cl)cc3Cl)nc2n(CCC(C)C)c1=O. The molecule has 0 bridgehead atoms. The molecule has 0 aliphatic rings. The molecule has 0 radical (unpaired) electrons. The Kier molecular flexibility index (Phi) is 7.03. The van der Waals surface area contributed by atoms with Crippen LogP contribution in [0.5, 0.6) is 0 Å².